The fourth-order valence-electron chi connectivity index (χ4n) is 4.28. The number of rotatable bonds is 9. The Morgan fingerprint density at radius 3 is 2.03 bits per heavy atom. The van der Waals surface area contributed by atoms with Crippen molar-refractivity contribution >= 4 is 11.8 Å². The van der Waals surface area contributed by atoms with Crippen molar-refractivity contribution in [1.29, 1.82) is 0 Å². The molecule has 0 saturated heterocycles. The molecule has 0 fully saturated rings. The molecule has 6 nitrogen and oxygen atoms in total. The van der Waals surface area contributed by atoms with Crippen LogP contribution in [0, 0.1) is 31.4 Å². The van der Waals surface area contributed by atoms with Gasteiger partial charge in [-0.2, -0.15) is 0 Å². The number of aromatic hydroxyl groups is 1. The summed E-state index contributed by atoms with van der Waals surface area (Å²) >= 11 is 0. The fraction of sp³-hybridized carbons (Fsp3) is 0.321. The zero-order chi connectivity index (χ0) is 26.6. The van der Waals surface area contributed by atoms with Gasteiger partial charge in [-0.1, -0.05) is 19.1 Å². The van der Waals surface area contributed by atoms with E-state index in [2.05, 4.69) is 4.98 Å². The quantitative estimate of drug-likeness (QED) is 0.303. The second-order valence-electron chi connectivity index (χ2n) is 8.86. The van der Waals surface area contributed by atoms with Crippen LogP contribution >= 0.6 is 0 Å². The van der Waals surface area contributed by atoms with E-state index in [-0.39, 0.29) is 17.9 Å². The standard InChI is InChI=1S/C28H29F2NO5/c1-15-12-19(29)6-8-21(15)25(22-9-7-20(30)13-16(22)2)18(4)36-28(34)17(3)14-23(32)26-27(33)24(35-5)10-11-31-26/h6-13,17-18,25,33H,14H2,1-5H3/t17-,18+/m1/s1. The van der Waals surface area contributed by atoms with Crippen molar-refractivity contribution in [2.24, 2.45) is 5.92 Å². The van der Waals surface area contributed by atoms with E-state index in [4.69, 9.17) is 9.47 Å². The summed E-state index contributed by atoms with van der Waals surface area (Å²) in [6.45, 7) is 6.77. The number of hydrogen-bond acceptors (Lipinski definition) is 6. The molecule has 36 heavy (non-hydrogen) atoms. The number of ether oxygens (including phenoxy) is 2. The molecule has 0 aliphatic rings. The predicted octanol–water partition coefficient (Wildman–Crippen LogP) is 5.66. The minimum atomic E-state index is -0.836. The molecule has 1 N–H and O–H groups in total. The summed E-state index contributed by atoms with van der Waals surface area (Å²) in [5.41, 5.74) is 2.61. The van der Waals surface area contributed by atoms with Crippen LogP contribution in [-0.2, 0) is 9.53 Å². The highest BCUT2D eigenvalue weighted by Gasteiger charge is 2.30. The SMILES string of the molecule is COc1ccnc(C(=O)C[C@@H](C)C(=O)O[C@@H](C)C(c2ccc(F)cc2C)c2ccc(F)cc2C)c1O. The molecule has 190 valence electrons. The largest absolute Gasteiger partial charge is 0.503 e. The molecule has 0 bridgehead atoms. The second-order valence-corrected chi connectivity index (χ2v) is 8.86. The maximum atomic E-state index is 13.8. The molecule has 8 heteroatoms. The van der Waals surface area contributed by atoms with Crippen LogP contribution in [0.3, 0.4) is 0 Å². The zero-order valence-corrected chi connectivity index (χ0v) is 20.8. The Kier molecular flexibility index (Phi) is 8.40. The summed E-state index contributed by atoms with van der Waals surface area (Å²) in [6, 6.07) is 10.1. The lowest BCUT2D eigenvalue weighted by Crippen LogP contribution is -2.28. The molecule has 0 aliphatic carbocycles. The molecular weight excluding hydrogens is 468 g/mol. The Morgan fingerprint density at radius 1 is 0.972 bits per heavy atom. The molecule has 0 spiro atoms. The van der Waals surface area contributed by atoms with Crippen LogP contribution in [0.2, 0.25) is 0 Å². The van der Waals surface area contributed by atoms with Gasteiger partial charge in [0.05, 0.1) is 13.0 Å². The van der Waals surface area contributed by atoms with E-state index in [0.29, 0.717) is 11.1 Å². The van der Waals surface area contributed by atoms with Gasteiger partial charge in [0, 0.05) is 24.6 Å². The lowest BCUT2D eigenvalue weighted by atomic mass is 9.82. The van der Waals surface area contributed by atoms with Crippen molar-refractivity contribution in [2.75, 3.05) is 7.11 Å². The number of carbonyl (C=O) groups is 2. The van der Waals surface area contributed by atoms with Gasteiger partial charge in [0.2, 0.25) is 0 Å². The van der Waals surface area contributed by atoms with Crippen LogP contribution in [0.25, 0.3) is 0 Å². The van der Waals surface area contributed by atoms with E-state index in [1.165, 1.54) is 43.6 Å². The molecule has 0 aliphatic heterocycles. The van der Waals surface area contributed by atoms with Crippen molar-refractivity contribution < 1.29 is 33.0 Å². The Hall–Kier alpha value is -3.81. The average molecular weight is 498 g/mol. The Balaban J connectivity index is 1.84. The molecule has 0 radical (unpaired) electrons. The summed E-state index contributed by atoms with van der Waals surface area (Å²) in [4.78, 5) is 29.6. The molecule has 3 aromatic rings. The average Bonchev–Trinajstić information content (AvgIpc) is 2.81. The van der Waals surface area contributed by atoms with E-state index in [9.17, 15) is 23.5 Å². The van der Waals surface area contributed by atoms with Crippen LogP contribution in [0.15, 0.2) is 48.7 Å². The number of Topliss-reactive ketones (excluding diaryl/α,β-unsaturated/α-hetero) is 1. The lowest BCUT2D eigenvalue weighted by Gasteiger charge is -2.28. The number of aromatic nitrogens is 1. The fourth-order valence-corrected chi connectivity index (χ4v) is 4.28. The number of pyridine rings is 1. The minimum Gasteiger partial charge on any atom is -0.503 e. The molecule has 2 atom stereocenters. The van der Waals surface area contributed by atoms with Gasteiger partial charge in [0.1, 0.15) is 17.7 Å². The summed E-state index contributed by atoms with van der Waals surface area (Å²) in [5.74, 6) is -3.57. The number of ketones is 1. The highest BCUT2D eigenvalue weighted by Crippen LogP contribution is 2.35. The number of halogens is 2. The van der Waals surface area contributed by atoms with Gasteiger partial charge in [0.15, 0.2) is 23.0 Å². The second kappa shape index (κ2) is 11.3. The maximum absolute atomic E-state index is 13.8. The molecular formula is C28H29F2NO5. The zero-order valence-electron chi connectivity index (χ0n) is 20.8. The summed E-state index contributed by atoms with van der Waals surface area (Å²) in [5, 5.41) is 10.2. The van der Waals surface area contributed by atoms with Crippen molar-refractivity contribution in [2.45, 2.75) is 46.1 Å². The lowest BCUT2D eigenvalue weighted by molar-refractivity contribution is -0.153. The smallest absolute Gasteiger partial charge is 0.309 e. The molecule has 2 aromatic carbocycles. The number of carbonyl (C=O) groups excluding carboxylic acids is 2. The van der Waals surface area contributed by atoms with Gasteiger partial charge in [-0.15, -0.1) is 0 Å². The topological polar surface area (TPSA) is 85.7 Å². The Labute approximate surface area is 208 Å². The number of benzene rings is 2. The van der Waals surface area contributed by atoms with E-state index >= 15 is 0 Å². The van der Waals surface area contributed by atoms with Crippen LogP contribution < -0.4 is 4.74 Å². The monoisotopic (exact) mass is 497 g/mol. The first-order valence-electron chi connectivity index (χ1n) is 11.5. The van der Waals surface area contributed by atoms with E-state index in [0.717, 1.165) is 11.1 Å². The van der Waals surface area contributed by atoms with Crippen LogP contribution in [-0.4, -0.2) is 35.1 Å². The third-order valence-electron chi connectivity index (χ3n) is 6.17. The van der Waals surface area contributed by atoms with Crippen LogP contribution in [0.1, 0.15) is 58.9 Å². The molecule has 3 rings (SSSR count). The number of aryl methyl sites for hydroxylation is 2. The Bertz CT molecular complexity index is 1230. The van der Waals surface area contributed by atoms with Gasteiger partial charge >= 0.3 is 5.97 Å². The van der Waals surface area contributed by atoms with Crippen LogP contribution in [0.4, 0.5) is 8.78 Å². The summed E-state index contributed by atoms with van der Waals surface area (Å²) in [6.07, 6.45) is 0.374. The molecule has 0 saturated carbocycles. The summed E-state index contributed by atoms with van der Waals surface area (Å²) in [7, 11) is 1.35. The van der Waals surface area contributed by atoms with Gasteiger partial charge in [-0.25, -0.2) is 13.8 Å². The highest BCUT2D eigenvalue weighted by molar-refractivity contribution is 5.99. The van der Waals surface area contributed by atoms with Gasteiger partial charge in [-0.05, 0) is 67.3 Å². The normalized spacial score (nSPS) is 12.8. The number of esters is 1. The third kappa shape index (κ3) is 5.87. The molecule has 1 heterocycles. The third-order valence-corrected chi connectivity index (χ3v) is 6.17. The van der Waals surface area contributed by atoms with Crippen molar-refractivity contribution in [3.8, 4) is 11.5 Å². The molecule has 0 amide bonds. The van der Waals surface area contributed by atoms with Gasteiger partial charge in [0.25, 0.3) is 0 Å². The Morgan fingerprint density at radius 2 is 1.53 bits per heavy atom. The van der Waals surface area contributed by atoms with Crippen LogP contribution in [0.5, 0.6) is 11.5 Å². The van der Waals surface area contributed by atoms with E-state index in [1.54, 1.807) is 39.8 Å². The van der Waals surface area contributed by atoms with Crippen molar-refractivity contribution in [1.82, 2.24) is 4.98 Å². The van der Waals surface area contributed by atoms with Gasteiger partial charge < -0.3 is 14.6 Å². The summed E-state index contributed by atoms with van der Waals surface area (Å²) < 4.78 is 38.4. The maximum Gasteiger partial charge on any atom is 0.309 e. The first-order chi connectivity index (χ1) is 17.0. The van der Waals surface area contributed by atoms with E-state index < -0.39 is 47.1 Å². The first kappa shape index (κ1) is 26.8. The predicted molar refractivity (Wildman–Crippen MR) is 130 cm³/mol. The number of nitrogens with zero attached hydrogens (tertiary/aromatic N) is 1. The molecule has 1 aromatic heterocycles. The minimum absolute atomic E-state index is 0.101. The highest BCUT2D eigenvalue weighted by atomic mass is 19.1. The van der Waals surface area contributed by atoms with E-state index in [1.807, 2.05) is 0 Å². The first-order valence-corrected chi connectivity index (χ1v) is 11.5. The van der Waals surface area contributed by atoms with Crippen molar-refractivity contribution in [3.05, 3.63) is 88.2 Å². The molecule has 0 unspecified atom stereocenters. The van der Waals surface area contributed by atoms with Crippen molar-refractivity contribution in [3.63, 3.8) is 0 Å². The number of methoxy groups -OCH3 is 1. The van der Waals surface area contributed by atoms with Gasteiger partial charge in [-0.3, -0.25) is 9.59 Å². The number of hydrogen-bond donors (Lipinski definition) is 1.